The minimum absolute atomic E-state index is 0.182. The Morgan fingerprint density at radius 1 is 1.42 bits per heavy atom. The normalized spacial score (nSPS) is 19.9. The summed E-state index contributed by atoms with van der Waals surface area (Å²) in [6.45, 7) is 7.42. The highest BCUT2D eigenvalue weighted by molar-refractivity contribution is 7.10. The number of hydrogen-bond acceptors (Lipinski definition) is 4. The third-order valence-corrected chi connectivity index (χ3v) is 3.78. The highest BCUT2D eigenvalue weighted by atomic mass is 32.1. The van der Waals surface area contributed by atoms with Crippen molar-refractivity contribution in [2.45, 2.75) is 46.1 Å². The van der Waals surface area contributed by atoms with E-state index in [0.717, 1.165) is 11.3 Å². The highest BCUT2D eigenvalue weighted by Crippen LogP contribution is 2.34. The van der Waals surface area contributed by atoms with E-state index in [9.17, 15) is 9.59 Å². The lowest BCUT2D eigenvalue weighted by molar-refractivity contribution is -0.119. The van der Waals surface area contributed by atoms with Gasteiger partial charge >= 0.3 is 6.09 Å². The maximum Gasteiger partial charge on any atom is 0.421 e. The maximum absolute atomic E-state index is 12.2. The molecule has 0 spiro atoms. The molecule has 0 saturated carbocycles. The van der Waals surface area contributed by atoms with Crippen molar-refractivity contribution in [3.8, 4) is 0 Å². The van der Waals surface area contributed by atoms with Crippen LogP contribution < -0.4 is 4.90 Å². The zero-order valence-corrected chi connectivity index (χ0v) is 12.5. The molecule has 19 heavy (non-hydrogen) atoms. The Morgan fingerprint density at radius 2 is 2.11 bits per heavy atom. The number of carbonyl (C=O) groups is 2. The molecule has 0 radical (unpaired) electrons. The molecule has 1 aromatic rings. The van der Waals surface area contributed by atoms with Crippen molar-refractivity contribution < 1.29 is 14.3 Å². The first-order valence-electron chi connectivity index (χ1n) is 6.40. The van der Waals surface area contributed by atoms with Gasteiger partial charge in [-0.3, -0.25) is 4.79 Å². The van der Waals surface area contributed by atoms with Crippen molar-refractivity contribution in [1.82, 2.24) is 0 Å². The molecule has 0 aliphatic carbocycles. The summed E-state index contributed by atoms with van der Waals surface area (Å²) in [6, 6.07) is 1.82. The summed E-state index contributed by atoms with van der Waals surface area (Å²) in [5.74, 6) is 0.0660. The van der Waals surface area contributed by atoms with E-state index in [1.165, 1.54) is 4.90 Å². The van der Waals surface area contributed by atoms with E-state index >= 15 is 0 Å². The molecule has 104 valence electrons. The van der Waals surface area contributed by atoms with Crippen LogP contribution in [0, 0.1) is 5.92 Å². The number of ether oxygens (including phenoxy) is 1. The number of hydrogen-bond donors (Lipinski definition) is 0. The standard InChI is InChI=1S/C14H19NO3S/c1-9-7-11-10(5-6-19-11)15(12(16)8-9)13(17)18-14(2,3)4/h5-6,9H,7-8H2,1-4H3. The van der Waals surface area contributed by atoms with Crippen LogP contribution in [0.5, 0.6) is 0 Å². The first kappa shape index (κ1) is 14.1. The predicted molar refractivity (Wildman–Crippen MR) is 75.5 cm³/mol. The smallest absolute Gasteiger partial charge is 0.421 e. The Morgan fingerprint density at radius 3 is 2.74 bits per heavy atom. The number of nitrogens with zero attached hydrogens (tertiary/aromatic N) is 1. The van der Waals surface area contributed by atoms with Gasteiger partial charge in [-0.1, -0.05) is 6.92 Å². The molecule has 1 aliphatic heterocycles. The molecular formula is C14H19NO3S. The molecule has 0 saturated heterocycles. The first-order chi connectivity index (χ1) is 8.78. The number of rotatable bonds is 0. The largest absolute Gasteiger partial charge is 0.443 e. The van der Waals surface area contributed by atoms with Gasteiger partial charge in [0, 0.05) is 11.3 Å². The zero-order valence-electron chi connectivity index (χ0n) is 11.7. The summed E-state index contributed by atoms with van der Waals surface area (Å²) in [5, 5.41) is 1.91. The van der Waals surface area contributed by atoms with Crippen LogP contribution in [0.25, 0.3) is 0 Å². The van der Waals surface area contributed by atoms with E-state index in [1.54, 1.807) is 32.1 Å². The summed E-state index contributed by atoms with van der Waals surface area (Å²) in [7, 11) is 0. The molecular weight excluding hydrogens is 262 g/mol. The van der Waals surface area contributed by atoms with E-state index in [1.807, 2.05) is 18.4 Å². The van der Waals surface area contributed by atoms with Gasteiger partial charge in [0.15, 0.2) is 0 Å². The van der Waals surface area contributed by atoms with Gasteiger partial charge < -0.3 is 4.74 Å². The molecule has 5 heteroatoms. The van der Waals surface area contributed by atoms with Gasteiger partial charge in [-0.15, -0.1) is 11.3 Å². The Kier molecular flexibility index (Phi) is 3.67. The Bertz CT molecular complexity index is 501. The van der Waals surface area contributed by atoms with Crippen LogP contribution >= 0.6 is 11.3 Å². The number of carbonyl (C=O) groups excluding carboxylic acids is 2. The minimum atomic E-state index is -0.606. The van der Waals surface area contributed by atoms with Crippen LogP contribution in [0.1, 0.15) is 39.0 Å². The molecule has 0 bridgehead atoms. The lowest BCUT2D eigenvalue weighted by Gasteiger charge is -2.25. The third kappa shape index (κ3) is 3.15. The second-order valence-corrected chi connectivity index (χ2v) is 6.95. The fourth-order valence-electron chi connectivity index (χ4n) is 2.11. The number of thiophene rings is 1. The topological polar surface area (TPSA) is 46.6 Å². The second kappa shape index (κ2) is 4.96. The Balaban J connectivity index is 2.33. The molecule has 1 atom stereocenters. The van der Waals surface area contributed by atoms with Crippen molar-refractivity contribution in [3.05, 3.63) is 16.3 Å². The molecule has 1 aliphatic rings. The SMILES string of the molecule is CC1CC(=O)N(C(=O)OC(C)(C)C)c2ccsc2C1. The van der Waals surface area contributed by atoms with Gasteiger partial charge in [0.05, 0.1) is 5.69 Å². The van der Waals surface area contributed by atoms with Crippen LogP contribution in [0.4, 0.5) is 10.5 Å². The second-order valence-electron chi connectivity index (χ2n) is 5.95. The summed E-state index contributed by atoms with van der Waals surface area (Å²) in [4.78, 5) is 26.7. The lowest BCUT2D eigenvalue weighted by atomic mass is 10.0. The number of anilines is 1. The van der Waals surface area contributed by atoms with Gasteiger partial charge in [0.1, 0.15) is 5.60 Å². The van der Waals surface area contributed by atoms with E-state index in [-0.39, 0.29) is 11.8 Å². The molecule has 2 amide bonds. The summed E-state index contributed by atoms with van der Waals surface area (Å²) in [5.41, 5.74) is 0.0828. The third-order valence-electron chi connectivity index (χ3n) is 2.85. The first-order valence-corrected chi connectivity index (χ1v) is 7.28. The van der Waals surface area contributed by atoms with Crippen LogP contribution in [0.3, 0.4) is 0 Å². The highest BCUT2D eigenvalue weighted by Gasteiger charge is 2.34. The van der Waals surface area contributed by atoms with Crippen LogP contribution in [-0.4, -0.2) is 17.6 Å². The fraction of sp³-hybridized carbons (Fsp3) is 0.571. The average molecular weight is 281 g/mol. The van der Waals surface area contributed by atoms with Crippen molar-refractivity contribution in [1.29, 1.82) is 0 Å². The van der Waals surface area contributed by atoms with Crippen molar-refractivity contribution >= 4 is 29.0 Å². The fourth-order valence-corrected chi connectivity index (χ4v) is 3.13. The molecule has 2 rings (SSSR count). The zero-order chi connectivity index (χ0) is 14.2. The maximum atomic E-state index is 12.2. The van der Waals surface area contributed by atoms with Crippen LogP contribution in [0.15, 0.2) is 11.4 Å². The quantitative estimate of drug-likeness (QED) is 0.730. The van der Waals surface area contributed by atoms with Crippen molar-refractivity contribution in [3.63, 3.8) is 0 Å². The molecule has 1 aromatic heterocycles. The van der Waals surface area contributed by atoms with E-state index in [2.05, 4.69) is 0 Å². The van der Waals surface area contributed by atoms with Gasteiger partial charge in [-0.25, -0.2) is 9.69 Å². The molecule has 0 fully saturated rings. The Labute approximate surface area is 117 Å². The predicted octanol–water partition coefficient (Wildman–Crippen LogP) is 3.60. The monoisotopic (exact) mass is 281 g/mol. The van der Waals surface area contributed by atoms with Crippen LogP contribution in [-0.2, 0) is 16.0 Å². The lowest BCUT2D eigenvalue weighted by Crippen LogP contribution is -2.40. The van der Waals surface area contributed by atoms with Gasteiger partial charge in [0.2, 0.25) is 5.91 Å². The summed E-state index contributed by atoms with van der Waals surface area (Å²) < 4.78 is 5.34. The summed E-state index contributed by atoms with van der Waals surface area (Å²) >= 11 is 1.58. The van der Waals surface area contributed by atoms with E-state index in [4.69, 9.17) is 4.74 Å². The molecule has 0 N–H and O–H groups in total. The summed E-state index contributed by atoms with van der Waals surface area (Å²) in [6.07, 6.45) is 0.629. The minimum Gasteiger partial charge on any atom is -0.443 e. The number of amides is 2. The molecule has 2 heterocycles. The Hall–Kier alpha value is -1.36. The average Bonchev–Trinajstić information content (AvgIpc) is 2.58. The van der Waals surface area contributed by atoms with Gasteiger partial charge in [-0.05, 0) is 44.6 Å². The molecule has 4 nitrogen and oxygen atoms in total. The van der Waals surface area contributed by atoms with Crippen LogP contribution in [0.2, 0.25) is 0 Å². The van der Waals surface area contributed by atoms with Crippen molar-refractivity contribution in [2.24, 2.45) is 5.92 Å². The van der Waals surface area contributed by atoms with E-state index in [0.29, 0.717) is 12.1 Å². The van der Waals surface area contributed by atoms with Gasteiger partial charge in [-0.2, -0.15) is 0 Å². The molecule has 0 aromatic carbocycles. The number of fused-ring (bicyclic) bond motifs is 1. The van der Waals surface area contributed by atoms with E-state index < -0.39 is 11.7 Å². The van der Waals surface area contributed by atoms with Gasteiger partial charge in [0.25, 0.3) is 0 Å². The molecule has 1 unspecified atom stereocenters. The van der Waals surface area contributed by atoms with Crippen molar-refractivity contribution in [2.75, 3.05) is 4.90 Å². The number of imide groups is 1.